The van der Waals surface area contributed by atoms with Gasteiger partial charge in [-0.1, -0.05) is 30.3 Å². The zero-order valence-corrected chi connectivity index (χ0v) is 11.7. The van der Waals surface area contributed by atoms with Gasteiger partial charge in [0.05, 0.1) is 6.54 Å². The molecule has 0 bridgehead atoms. The minimum Gasteiger partial charge on any atom is -0.445 e. The lowest BCUT2D eigenvalue weighted by Gasteiger charge is -2.36. The molecular weight excluding hydrogens is 272 g/mol. The predicted molar refractivity (Wildman–Crippen MR) is 74.6 cm³/mol. The van der Waals surface area contributed by atoms with Gasteiger partial charge in [0.25, 0.3) is 0 Å². The van der Waals surface area contributed by atoms with Gasteiger partial charge >= 0.3 is 12.2 Å². The highest BCUT2D eigenvalue weighted by Crippen LogP contribution is 2.29. The van der Waals surface area contributed by atoms with E-state index in [4.69, 9.17) is 9.47 Å². The van der Waals surface area contributed by atoms with Gasteiger partial charge in [-0.05, 0) is 5.56 Å². The van der Waals surface area contributed by atoms with E-state index in [9.17, 15) is 9.59 Å². The number of carbonyl (C=O) groups is 2. The van der Waals surface area contributed by atoms with Gasteiger partial charge in [-0.15, -0.1) is 0 Å². The molecule has 21 heavy (non-hydrogen) atoms. The minimum atomic E-state index is -0.437. The van der Waals surface area contributed by atoms with Crippen LogP contribution >= 0.6 is 0 Å². The number of hydrogen-bond donors (Lipinski definition) is 1. The van der Waals surface area contributed by atoms with Crippen molar-refractivity contribution in [2.24, 2.45) is 0 Å². The fourth-order valence-electron chi connectivity index (χ4n) is 2.69. The van der Waals surface area contributed by atoms with Gasteiger partial charge < -0.3 is 19.7 Å². The Morgan fingerprint density at radius 2 is 2.00 bits per heavy atom. The Hall–Kier alpha value is -2.24. The lowest BCUT2D eigenvalue weighted by Crippen LogP contribution is -2.48. The molecule has 2 aliphatic heterocycles. The van der Waals surface area contributed by atoms with E-state index in [0.717, 1.165) is 5.56 Å². The normalized spacial score (nSPS) is 20.0. The van der Waals surface area contributed by atoms with Gasteiger partial charge in [-0.3, -0.25) is 0 Å². The number of ether oxygens (including phenoxy) is 2. The molecule has 0 saturated carbocycles. The molecule has 2 aliphatic rings. The Morgan fingerprint density at radius 1 is 1.29 bits per heavy atom. The first-order chi connectivity index (χ1) is 10.2. The van der Waals surface area contributed by atoms with Gasteiger partial charge in [0.1, 0.15) is 12.2 Å². The number of amides is 2. The lowest BCUT2D eigenvalue weighted by atomic mass is 9.92. The molecule has 0 aliphatic carbocycles. The van der Waals surface area contributed by atoms with Crippen LogP contribution in [0.3, 0.4) is 0 Å². The van der Waals surface area contributed by atoms with Crippen molar-refractivity contribution >= 4 is 12.2 Å². The number of alkyl carbamates (subject to hydrolysis) is 1. The molecule has 0 atom stereocenters. The van der Waals surface area contributed by atoms with Gasteiger partial charge in [-0.2, -0.15) is 0 Å². The largest absolute Gasteiger partial charge is 0.445 e. The summed E-state index contributed by atoms with van der Waals surface area (Å²) in [4.78, 5) is 24.8. The van der Waals surface area contributed by atoms with Crippen molar-refractivity contribution in [3.05, 3.63) is 35.9 Å². The van der Waals surface area contributed by atoms with Crippen LogP contribution in [0.1, 0.15) is 18.4 Å². The summed E-state index contributed by atoms with van der Waals surface area (Å²) in [6, 6.07) is 9.58. The quantitative estimate of drug-likeness (QED) is 0.903. The van der Waals surface area contributed by atoms with Gasteiger partial charge in [0.2, 0.25) is 0 Å². The van der Waals surface area contributed by atoms with Gasteiger partial charge in [0, 0.05) is 25.9 Å². The highest BCUT2D eigenvalue weighted by atomic mass is 16.6. The van der Waals surface area contributed by atoms with E-state index in [1.54, 1.807) is 4.90 Å². The van der Waals surface area contributed by atoms with Crippen molar-refractivity contribution in [2.75, 3.05) is 19.6 Å². The molecule has 6 nitrogen and oxygen atoms in total. The van der Waals surface area contributed by atoms with Crippen LogP contribution in [0.25, 0.3) is 0 Å². The zero-order chi connectivity index (χ0) is 14.7. The van der Waals surface area contributed by atoms with Gasteiger partial charge in [0.15, 0.2) is 0 Å². The third-order valence-corrected chi connectivity index (χ3v) is 4.00. The van der Waals surface area contributed by atoms with Crippen molar-refractivity contribution in [1.82, 2.24) is 10.2 Å². The molecule has 1 aromatic rings. The van der Waals surface area contributed by atoms with E-state index in [1.807, 2.05) is 30.3 Å². The molecule has 112 valence electrons. The second-order valence-electron chi connectivity index (χ2n) is 5.45. The number of hydrogen-bond acceptors (Lipinski definition) is 4. The second kappa shape index (κ2) is 5.63. The third kappa shape index (κ3) is 3.09. The SMILES string of the molecule is O=C1NCC2(CCN(C(=O)OCc3ccccc3)CC2)O1. The maximum atomic E-state index is 12.0. The summed E-state index contributed by atoms with van der Waals surface area (Å²) in [6.07, 6.45) is 0.610. The van der Waals surface area contributed by atoms with Crippen LogP contribution in [0, 0.1) is 0 Å². The monoisotopic (exact) mass is 290 g/mol. The summed E-state index contributed by atoms with van der Waals surface area (Å²) in [6.45, 7) is 1.89. The number of carbonyl (C=O) groups excluding carboxylic acids is 2. The van der Waals surface area contributed by atoms with Crippen LogP contribution in [0.5, 0.6) is 0 Å². The van der Waals surface area contributed by atoms with Crippen LogP contribution in [0.4, 0.5) is 9.59 Å². The van der Waals surface area contributed by atoms with Crippen LogP contribution in [0.15, 0.2) is 30.3 Å². The van der Waals surface area contributed by atoms with Crippen molar-refractivity contribution in [2.45, 2.75) is 25.0 Å². The molecule has 0 unspecified atom stereocenters. The Kier molecular flexibility index (Phi) is 3.68. The van der Waals surface area contributed by atoms with E-state index in [1.165, 1.54) is 0 Å². The van der Waals surface area contributed by atoms with Crippen molar-refractivity contribution in [1.29, 1.82) is 0 Å². The number of piperidine rings is 1. The minimum absolute atomic E-state index is 0.276. The van der Waals surface area contributed by atoms with Crippen molar-refractivity contribution < 1.29 is 19.1 Å². The first kappa shape index (κ1) is 13.7. The molecule has 2 fully saturated rings. The third-order valence-electron chi connectivity index (χ3n) is 4.00. The van der Waals surface area contributed by atoms with Crippen molar-refractivity contribution in [3.63, 3.8) is 0 Å². The van der Waals surface area contributed by atoms with Crippen LogP contribution in [-0.4, -0.2) is 42.3 Å². The maximum absolute atomic E-state index is 12.0. The molecule has 3 rings (SSSR count). The second-order valence-corrected chi connectivity index (χ2v) is 5.45. The molecule has 0 aromatic heterocycles. The molecule has 6 heteroatoms. The lowest BCUT2D eigenvalue weighted by molar-refractivity contribution is -0.00111. The highest BCUT2D eigenvalue weighted by molar-refractivity contribution is 5.71. The molecule has 2 saturated heterocycles. The van der Waals surface area contributed by atoms with E-state index >= 15 is 0 Å². The average Bonchev–Trinajstić information content (AvgIpc) is 2.87. The fraction of sp³-hybridized carbons (Fsp3) is 0.467. The molecule has 1 N–H and O–H groups in total. The summed E-state index contributed by atoms with van der Waals surface area (Å²) < 4.78 is 10.6. The van der Waals surface area contributed by atoms with E-state index < -0.39 is 5.60 Å². The Balaban J connectivity index is 1.48. The smallest absolute Gasteiger partial charge is 0.410 e. The summed E-state index contributed by atoms with van der Waals surface area (Å²) in [5, 5.41) is 2.67. The number of likely N-dealkylation sites (tertiary alicyclic amines) is 1. The highest BCUT2D eigenvalue weighted by Gasteiger charge is 2.43. The Bertz CT molecular complexity index is 524. The molecular formula is C15H18N2O4. The molecule has 2 heterocycles. The van der Waals surface area contributed by atoms with E-state index in [-0.39, 0.29) is 18.8 Å². The number of benzene rings is 1. The number of nitrogens with zero attached hydrogens (tertiary/aromatic N) is 1. The van der Waals surface area contributed by atoms with E-state index in [2.05, 4.69) is 5.32 Å². The summed E-state index contributed by atoms with van der Waals surface area (Å²) in [7, 11) is 0. The Morgan fingerprint density at radius 3 is 2.62 bits per heavy atom. The fourth-order valence-corrected chi connectivity index (χ4v) is 2.69. The first-order valence-corrected chi connectivity index (χ1v) is 7.09. The van der Waals surface area contributed by atoms with E-state index in [0.29, 0.717) is 32.5 Å². The maximum Gasteiger partial charge on any atom is 0.410 e. The average molecular weight is 290 g/mol. The summed E-state index contributed by atoms with van der Waals surface area (Å²) >= 11 is 0. The zero-order valence-electron chi connectivity index (χ0n) is 11.7. The number of nitrogens with one attached hydrogen (secondary N) is 1. The summed E-state index contributed by atoms with van der Waals surface area (Å²) in [5.41, 5.74) is 0.529. The number of rotatable bonds is 2. The predicted octanol–water partition coefficient (Wildman–Crippen LogP) is 1.90. The standard InChI is InChI=1S/C15H18N2O4/c18-13-16-11-15(21-13)6-8-17(9-7-15)14(19)20-10-12-4-2-1-3-5-12/h1-5H,6-11H2,(H,16,18). The molecule has 1 spiro atoms. The molecule has 0 radical (unpaired) electrons. The topological polar surface area (TPSA) is 67.9 Å². The van der Waals surface area contributed by atoms with Gasteiger partial charge in [-0.25, -0.2) is 9.59 Å². The summed E-state index contributed by atoms with van der Waals surface area (Å²) in [5.74, 6) is 0. The molecule has 2 amide bonds. The Labute approximate surface area is 123 Å². The molecule has 1 aromatic carbocycles. The van der Waals surface area contributed by atoms with Crippen LogP contribution in [0.2, 0.25) is 0 Å². The van der Waals surface area contributed by atoms with Crippen molar-refractivity contribution in [3.8, 4) is 0 Å². The van der Waals surface area contributed by atoms with Crippen LogP contribution in [-0.2, 0) is 16.1 Å². The van der Waals surface area contributed by atoms with Crippen LogP contribution < -0.4 is 5.32 Å². The first-order valence-electron chi connectivity index (χ1n) is 7.09.